The van der Waals surface area contributed by atoms with E-state index in [1.54, 1.807) is 12.3 Å². The van der Waals surface area contributed by atoms with E-state index in [0.717, 1.165) is 16.9 Å². The van der Waals surface area contributed by atoms with Crippen molar-refractivity contribution in [2.75, 3.05) is 17.7 Å². The van der Waals surface area contributed by atoms with Crippen LogP contribution in [-0.4, -0.2) is 17.5 Å². The van der Waals surface area contributed by atoms with Gasteiger partial charge < -0.3 is 15.8 Å². The Morgan fingerprint density at radius 2 is 2.24 bits per heavy atom. The van der Waals surface area contributed by atoms with Crippen LogP contribution < -0.4 is 15.8 Å². The molecule has 1 aliphatic heterocycles. The van der Waals surface area contributed by atoms with Crippen molar-refractivity contribution in [3.8, 4) is 5.75 Å². The number of hydrogen-bond donors (Lipinski definition) is 2. The van der Waals surface area contributed by atoms with Gasteiger partial charge in [0, 0.05) is 5.56 Å². The first-order valence-electron chi connectivity index (χ1n) is 6.90. The summed E-state index contributed by atoms with van der Waals surface area (Å²) in [6.07, 6.45) is 2.22. The molecule has 0 radical (unpaired) electrons. The molecule has 108 valence electrons. The smallest absolute Gasteiger partial charge is 0.233 e. The van der Waals surface area contributed by atoms with E-state index in [2.05, 4.69) is 10.3 Å². The molecule has 1 aliphatic rings. The summed E-state index contributed by atoms with van der Waals surface area (Å²) >= 11 is 0. The van der Waals surface area contributed by atoms with Crippen LogP contribution in [0.3, 0.4) is 0 Å². The Morgan fingerprint density at radius 3 is 3.05 bits per heavy atom. The van der Waals surface area contributed by atoms with Crippen LogP contribution >= 0.6 is 0 Å². The number of nitrogen functional groups attached to an aromatic ring is 1. The number of aryl methyl sites for hydroxylation is 1. The average Bonchev–Trinajstić information content (AvgIpc) is 2.50. The molecule has 0 spiro atoms. The van der Waals surface area contributed by atoms with Crippen molar-refractivity contribution in [1.29, 1.82) is 0 Å². The Kier molecular flexibility index (Phi) is 3.48. The summed E-state index contributed by atoms with van der Waals surface area (Å²) in [5.74, 6) is 1.03. The topological polar surface area (TPSA) is 77.2 Å². The maximum absolute atomic E-state index is 12.5. The van der Waals surface area contributed by atoms with Gasteiger partial charge >= 0.3 is 0 Å². The number of pyridine rings is 1. The van der Waals surface area contributed by atoms with Crippen molar-refractivity contribution in [3.05, 3.63) is 47.7 Å². The van der Waals surface area contributed by atoms with E-state index in [4.69, 9.17) is 10.5 Å². The van der Waals surface area contributed by atoms with Crippen LogP contribution in [0.2, 0.25) is 0 Å². The number of nitrogens with zero attached hydrogens (tertiary/aromatic N) is 1. The van der Waals surface area contributed by atoms with Crippen molar-refractivity contribution >= 4 is 17.4 Å². The maximum Gasteiger partial charge on any atom is 0.233 e. The van der Waals surface area contributed by atoms with Gasteiger partial charge in [-0.05, 0) is 31.0 Å². The second kappa shape index (κ2) is 5.44. The fraction of sp³-hybridized carbons (Fsp3) is 0.250. The zero-order valence-electron chi connectivity index (χ0n) is 11.8. The molecule has 5 heteroatoms. The number of para-hydroxylation sites is 1. The lowest BCUT2D eigenvalue weighted by Crippen LogP contribution is -2.26. The number of hydrogen-bond acceptors (Lipinski definition) is 4. The molecule has 3 N–H and O–H groups in total. The summed E-state index contributed by atoms with van der Waals surface area (Å²) < 4.78 is 5.58. The number of carbonyl (C=O) groups is 1. The van der Waals surface area contributed by atoms with Crippen molar-refractivity contribution in [2.45, 2.75) is 19.3 Å². The number of amides is 1. The van der Waals surface area contributed by atoms with E-state index >= 15 is 0 Å². The monoisotopic (exact) mass is 283 g/mol. The zero-order chi connectivity index (χ0) is 14.8. The molecule has 5 nitrogen and oxygen atoms in total. The van der Waals surface area contributed by atoms with E-state index in [1.165, 1.54) is 0 Å². The molecule has 1 aromatic heterocycles. The van der Waals surface area contributed by atoms with Crippen molar-refractivity contribution in [2.24, 2.45) is 0 Å². The molecular weight excluding hydrogens is 266 g/mol. The average molecular weight is 283 g/mol. The third kappa shape index (κ3) is 2.67. The van der Waals surface area contributed by atoms with Gasteiger partial charge in [-0.2, -0.15) is 0 Å². The highest BCUT2D eigenvalue weighted by Crippen LogP contribution is 2.34. The first-order chi connectivity index (χ1) is 10.1. The number of fused-ring (bicyclic) bond motifs is 1. The lowest BCUT2D eigenvalue weighted by molar-refractivity contribution is -0.118. The predicted molar refractivity (Wildman–Crippen MR) is 81.3 cm³/mol. The summed E-state index contributed by atoms with van der Waals surface area (Å²) in [5, 5.41) is 2.86. The second-order valence-corrected chi connectivity index (χ2v) is 5.14. The first kappa shape index (κ1) is 13.4. The van der Waals surface area contributed by atoms with E-state index in [9.17, 15) is 4.79 Å². The minimum Gasteiger partial charge on any atom is -0.493 e. The van der Waals surface area contributed by atoms with Crippen molar-refractivity contribution in [1.82, 2.24) is 4.98 Å². The molecule has 0 bridgehead atoms. The molecule has 21 heavy (non-hydrogen) atoms. The molecule has 0 saturated carbocycles. The Hall–Kier alpha value is -2.56. The lowest BCUT2D eigenvalue weighted by atomic mass is 9.92. The molecule has 1 atom stereocenters. The highest BCUT2D eigenvalue weighted by atomic mass is 16.5. The van der Waals surface area contributed by atoms with E-state index in [1.807, 2.05) is 31.2 Å². The number of carbonyl (C=O) groups excluding carboxylic acids is 1. The normalized spacial score (nSPS) is 16.7. The van der Waals surface area contributed by atoms with E-state index < -0.39 is 0 Å². The fourth-order valence-electron chi connectivity index (χ4n) is 2.46. The van der Waals surface area contributed by atoms with Gasteiger partial charge in [-0.1, -0.05) is 18.2 Å². The molecule has 0 fully saturated rings. The summed E-state index contributed by atoms with van der Waals surface area (Å²) in [6, 6.07) is 9.42. The van der Waals surface area contributed by atoms with Crippen LogP contribution in [0.4, 0.5) is 11.5 Å². The molecule has 2 heterocycles. The van der Waals surface area contributed by atoms with Gasteiger partial charge in [-0.3, -0.25) is 4.79 Å². The summed E-state index contributed by atoms with van der Waals surface area (Å²) in [4.78, 5) is 16.6. The Bertz CT molecular complexity index is 685. The van der Waals surface area contributed by atoms with Crippen molar-refractivity contribution < 1.29 is 9.53 Å². The maximum atomic E-state index is 12.5. The van der Waals surface area contributed by atoms with E-state index in [0.29, 0.717) is 24.5 Å². The molecular formula is C16H17N3O2. The fourth-order valence-corrected chi connectivity index (χ4v) is 2.46. The Labute approximate surface area is 123 Å². The molecule has 0 saturated heterocycles. The highest BCUT2D eigenvalue weighted by Gasteiger charge is 2.27. The number of anilines is 2. The van der Waals surface area contributed by atoms with Crippen LogP contribution in [0, 0.1) is 6.92 Å². The predicted octanol–water partition coefficient (Wildman–Crippen LogP) is 2.48. The number of rotatable bonds is 2. The highest BCUT2D eigenvalue weighted by molar-refractivity contribution is 5.95. The largest absolute Gasteiger partial charge is 0.493 e. The van der Waals surface area contributed by atoms with Gasteiger partial charge in [0.1, 0.15) is 11.6 Å². The molecule has 3 rings (SSSR count). The van der Waals surface area contributed by atoms with Crippen LogP contribution in [0.25, 0.3) is 0 Å². The minimum absolute atomic E-state index is 0.0672. The lowest BCUT2D eigenvalue weighted by Gasteiger charge is -2.24. The molecule has 0 aliphatic carbocycles. The van der Waals surface area contributed by atoms with E-state index in [-0.39, 0.29) is 11.8 Å². The van der Waals surface area contributed by atoms with Crippen LogP contribution in [0.15, 0.2) is 36.5 Å². The Morgan fingerprint density at radius 1 is 1.43 bits per heavy atom. The number of benzene rings is 1. The molecule has 1 amide bonds. The summed E-state index contributed by atoms with van der Waals surface area (Å²) in [6.45, 7) is 2.43. The molecule has 2 aromatic rings. The third-order valence-electron chi connectivity index (χ3n) is 3.68. The van der Waals surface area contributed by atoms with Crippen molar-refractivity contribution in [3.63, 3.8) is 0 Å². The van der Waals surface area contributed by atoms with Gasteiger partial charge in [0.25, 0.3) is 0 Å². The summed E-state index contributed by atoms with van der Waals surface area (Å²) in [5.41, 5.74) is 8.17. The zero-order valence-corrected chi connectivity index (χ0v) is 11.8. The minimum atomic E-state index is -0.213. The van der Waals surface area contributed by atoms with Crippen LogP contribution in [0.5, 0.6) is 5.75 Å². The molecule has 1 aromatic carbocycles. The Balaban J connectivity index is 1.81. The second-order valence-electron chi connectivity index (χ2n) is 5.14. The summed E-state index contributed by atoms with van der Waals surface area (Å²) in [7, 11) is 0. The van der Waals surface area contributed by atoms with Crippen LogP contribution in [-0.2, 0) is 4.79 Å². The third-order valence-corrected chi connectivity index (χ3v) is 3.68. The van der Waals surface area contributed by atoms with Gasteiger partial charge in [0.15, 0.2) is 0 Å². The quantitative estimate of drug-likeness (QED) is 0.887. The number of ether oxygens (including phenoxy) is 1. The van der Waals surface area contributed by atoms with Gasteiger partial charge in [0.05, 0.1) is 24.4 Å². The standard InChI is InChI=1S/C16H17N3O2/c1-10-8-15(18-9-13(10)17)19-16(20)12-6-7-21-14-5-3-2-4-11(12)14/h2-5,8-9,12H,6-7,17H2,1H3,(H,18,19,20). The van der Waals surface area contributed by atoms with Gasteiger partial charge in [0.2, 0.25) is 5.91 Å². The molecule has 1 unspecified atom stereocenters. The first-order valence-corrected chi connectivity index (χ1v) is 6.90. The SMILES string of the molecule is Cc1cc(NC(=O)C2CCOc3ccccc32)ncc1N. The van der Waals surface area contributed by atoms with Gasteiger partial charge in [-0.25, -0.2) is 4.98 Å². The number of aromatic nitrogens is 1. The van der Waals surface area contributed by atoms with Gasteiger partial charge in [-0.15, -0.1) is 0 Å². The van der Waals surface area contributed by atoms with Crippen LogP contribution in [0.1, 0.15) is 23.5 Å². The number of nitrogens with one attached hydrogen (secondary N) is 1. The number of nitrogens with two attached hydrogens (primary N) is 1.